The zero-order valence-corrected chi connectivity index (χ0v) is 6.94. The molecule has 0 aliphatic rings. The fourth-order valence-electron chi connectivity index (χ4n) is 0.796. The van der Waals surface area contributed by atoms with Crippen LogP contribution in [0.25, 0.3) is 0 Å². The number of nitrogens with one attached hydrogen (secondary N) is 1. The Labute approximate surface area is 70.6 Å². The molecule has 0 bridgehead atoms. The van der Waals surface area contributed by atoms with Crippen molar-refractivity contribution >= 4 is 5.82 Å². The molecule has 3 N–H and O–H groups in total. The van der Waals surface area contributed by atoms with Crippen LogP contribution in [0.15, 0.2) is 12.3 Å². The van der Waals surface area contributed by atoms with E-state index >= 15 is 0 Å². The van der Waals surface area contributed by atoms with Gasteiger partial charge in [-0.1, -0.05) is 0 Å². The number of aliphatic hydroxyl groups is 2. The highest BCUT2D eigenvalue weighted by Gasteiger charge is 2.01. The van der Waals surface area contributed by atoms with Crippen LogP contribution >= 0.6 is 0 Å². The average Bonchev–Trinajstić information content (AvgIpc) is 2.47. The van der Waals surface area contributed by atoms with Gasteiger partial charge in [0.25, 0.3) is 0 Å². The van der Waals surface area contributed by atoms with Gasteiger partial charge in [0.15, 0.2) is 0 Å². The van der Waals surface area contributed by atoms with Crippen LogP contribution in [0.2, 0.25) is 0 Å². The largest absolute Gasteiger partial charge is 0.394 e. The molecule has 1 heterocycles. The van der Waals surface area contributed by atoms with Gasteiger partial charge in [-0.25, -0.2) is 0 Å². The number of nitrogens with zero attached hydrogens (tertiary/aromatic N) is 2. The van der Waals surface area contributed by atoms with Crippen LogP contribution in [-0.4, -0.2) is 39.2 Å². The van der Waals surface area contributed by atoms with Gasteiger partial charge in [0.2, 0.25) is 0 Å². The monoisotopic (exact) mass is 171 g/mol. The number of hydrogen-bond acceptors (Lipinski definition) is 4. The van der Waals surface area contributed by atoms with Gasteiger partial charge in [-0.2, -0.15) is 5.10 Å². The molecule has 68 valence electrons. The lowest BCUT2D eigenvalue weighted by molar-refractivity contribution is 0.105. The molecule has 0 saturated carbocycles. The van der Waals surface area contributed by atoms with Crippen LogP contribution in [0.4, 0.5) is 5.82 Å². The number of aliphatic hydroxyl groups excluding tert-OH is 2. The Hall–Kier alpha value is -1.07. The van der Waals surface area contributed by atoms with Gasteiger partial charge in [-0.3, -0.25) is 4.68 Å². The molecule has 1 aromatic heterocycles. The molecule has 0 radical (unpaired) electrons. The summed E-state index contributed by atoms with van der Waals surface area (Å²) in [7, 11) is 1.81. The first kappa shape index (κ1) is 9.02. The first-order valence-electron chi connectivity index (χ1n) is 3.75. The minimum Gasteiger partial charge on any atom is -0.394 e. The molecular weight excluding hydrogens is 158 g/mol. The van der Waals surface area contributed by atoms with E-state index in [2.05, 4.69) is 10.4 Å². The standard InChI is InChI=1S/C7H13N3O2/c1-10-3-2-7(9-10)8-4-6(12)5-11/h2-3,6,11-12H,4-5H2,1H3,(H,8,9)/t6-/m0/s1. The third-order valence-electron chi connectivity index (χ3n) is 1.44. The number of aromatic nitrogens is 2. The third-order valence-corrected chi connectivity index (χ3v) is 1.44. The zero-order valence-electron chi connectivity index (χ0n) is 6.94. The summed E-state index contributed by atoms with van der Waals surface area (Å²) in [5, 5.41) is 24.4. The molecule has 0 spiro atoms. The highest BCUT2D eigenvalue weighted by Crippen LogP contribution is 2.00. The maximum atomic E-state index is 8.98. The van der Waals surface area contributed by atoms with E-state index in [1.54, 1.807) is 16.9 Å². The second-order valence-corrected chi connectivity index (χ2v) is 2.59. The van der Waals surface area contributed by atoms with Crippen molar-refractivity contribution in [1.29, 1.82) is 0 Å². The van der Waals surface area contributed by atoms with Crippen LogP contribution in [0.5, 0.6) is 0 Å². The lowest BCUT2D eigenvalue weighted by Gasteiger charge is -2.06. The van der Waals surface area contributed by atoms with E-state index in [0.29, 0.717) is 12.4 Å². The normalized spacial score (nSPS) is 12.9. The summed E-state index contributed by atoms with van der Waals surface area (Å²) >= 11 is 0. The molecule has 1 atom stereocenters. The summed E-state index contributed by atoms with van der Waals surface area (Å²) in [5.41, 5.74) is 0. The first-order chi connectivity index (χ1) is 5.72. The van der Waals surface area contributed by atoms with Gasteiger partial charge >= 0.3 is 0 Å². The van der Waals surface area contributed by atoms with Gasteiger partial charge in [0, 0.05) is 25.9 Å². The molecular formula is C7H13N3O2. The summed E-state index contributed by atoms with van der Waals surface area (Å²) in [4.78, 5) is 0. The van der Waals surface area contributed by atoms with E-state index in [1.165, 1.54) is 0 Å². The molecule has 1 aromatic rings. The Morgan fingerprint density at radius 3 is 3.00 bits per heavy atom. The number of hydrogen-bond donors (Lipinski definition) is 3. The first-order valence-corrected chi connectivity index (χ1v) is 3.75. The van der Waals surface area contributed by atoms with Gasteiger partial charge in [-0.15, -0.1) is 0 Å². The van der Waals surface area contributed by atoms with E-state index in [0.717, 1.165) is 0 Å². The van der Waals surface area contributed by atoms with Crippen LogP contribution in [-0.2, 0) is 7.05 Å². The van der Waals surface area contributed by atoms with E-state index in [-0.39, 0.29) is 6.61 Å². The second-order valence-electron chi connectivity index (χ2n) is 2.59. The van der Waals surface area contributed by atoms with E-state index < -0.39 is 6.10 Å². The highest BCUT2D eigenvalue weighted by molar-refractivity contribution is 5.31. The van der Waals surface area contributed by atoms with Crippen LogP contribution in [0.3, 0.4) is 0 Å². The summed E-state index contributed by atoms with van der Waals surface area (Å²) in [5.74, 6) is 0.699. The molecule has 12 heavy (non-hydrogen) atoms. The van der Waals surface area contributed by atoms with Crippen LogP contribution in [0.1, 0.15) is 0 Å². The molecule has 1 rings (SSSR count). The maximum absolute atomic E-state index is 8.98. The van der Waals surface area contributed by atoms with E-state index in [1.807, 2.05) is 7.05 Å². The van der Waals surface area contributed by atoms with Gasteiger partial charge in [0.1, 0.15) is 5.82 Å². The Balaban J connectivity index is 2.33. The van der Waals surface area contributed by atoms with Crippen LogP contribution < -0.4 is 5.32 Å². The second kappa shape index (κ2) is 4.08. The number of rotatable bonds is 4. The van der Waals surface area contributed by atoms with Crippen molar-refractivity contribution in [3.63, 3.8) is 0 Å². The molecule has 0 saturated heterocycles. The van der Waals surface area contributed by atoms with Crippen molar-refractivity contribution in [3.8, 4) is 0 Å². The van der Waals surface area contributed by atoms with Crippen molar-refractivity contribution in [2.24, 2.45) is 7.05 Å². The molecule has 0 amide bonds. The predicted molar refractivity (Wildman–Crippen MR) is 44.8 cm³/mol. The minimum absolute atomic E-state index is 0.236. The Morgan fingerprint density at radius 2 is 2.50 bits per heavy atom. The average molecular weight is 171 g/mol. The SMILES string of the molecule is Cn1ccc(NC[C@H](O)CO)n1. The minimum atomic E-state index is -0.730. The lowest BCUT2D eigenvalue weighted by Crippen LogP contribution is -2.23. The molecule has 5 heteroatoms. The molecule has 0 aromatic carbocycles. The Bertz CT molecular complexity index is 236. The number of aryl methyl sites for hydroxylation is 1. The maximum Gasteiger partial charge on any atom is 0.148 e. The lowest BCUT2D eigenvalue weighted by atomic mass is 10.4. The van der Waals surface area contributed by atoms with Gasteiger partial charge < -0.3 is 15.5 Å². The molecule has 0 fully saturated rings. The zero-order chi connectivity index (χ0) is 8.97. The number of anilines is 1. The predicted octanol–water partition coefficient (Wildman–Crippen LogP) is -0.815. The summed E-state index contributed by atoms with van der Waals surface area (Å²) in [6.07, 6.45) is 1.07. The van der Waals surface area contributed by atoms with Crippen molar-refractivity contribution in [2.75, 3.05) is 18.5 Å². The highest BCUT2D eigenvalue weighted by atomic mass is 16.3. The van der Waals surface area contributed by atoms with Crippen molar-refractivity contribution in [2.45, 2.75) is 6.10 Å². The topological polar surface area (TPSA) is 70.3 Å². The molecule has 0 aliphatic heterocycles. The van der Waals surface area contributed by atoms with Crippen molar-refractivity contribution in [1.82, 2.24) is 9.78 Å². The smallest absolute Gasteiger partial charge is 0.148 e. The summed E-state index contributed by atoms with van der Waals surface area (Å²) in [6, 6.07) is 1.80. The molecule has 0 aliphatic carbocycles. The molecule has 0 unspecified atom stereocenters. The molecule has 5 nitrogen and oxygen atoms in total. The van der Waals surface area contributed by atoms with Crippen LogP contribution in [0, 0.1) is 0 Å². The summed E-state index contributed by atoms with van der Waals surface area (Å²) in [6.45, 7) is 0.0767. The third kappa shape index (κ3) is 2.52. The Kier molecular flexibility index (Phi) is 3.07. The quantitative estimate of drug-likeness (QED) is 0.554. The fourth-order valence-corrected chi connectivity index (χ4v) is 0.796. The van der Waals surface area contributed by atoms with Crippen molar-refractivity contribution < 1.29 is 10.2 Å². The summed E-state index contributed by atoms with van der Waals surface area (Å²) < 4.78 is 1.66. The van der Waals surface area contributed by atoms with Gasteiger partial charge in [-0.05, 0) is 0 Å². The van der Waals surface area contributed by atoms with Gasteiger partial charge in [0.05, 0.1) is 12.7 Å². The van der Waals surface area contributed by atoms with E-state index in [9.17, 15) is 0 Å². The Morgan fingerprint density at radius 1 is 1.75 bits per heavy atom. The van der Waals surface area contributed by atoms with Crippen molar-refractivity contribution in [3.05, 3.63) is 12.3 Å². The fraction of sp³-hybridized carbons (Fsp3) is 0.571. The van der Waals surface area contributed by atoms with E-state index in [4.69, 9.17) is 10.2 Å².